The summed E-state index contributed by atoms with van der Waals surface area (Å²) in [6.45, 7) is 3.78. The van der Waals surface area contributed by atoms with E-state index >= 15 is 0 Å². The molecule has 0 saturated carbocycles. The molecule has 0 saturated heterocycles. The van der Waals surface area contributed by atoms with Gasteiger partial charge in [-0.05, 0) is 25.6 Å². The number of nitrogens with zero attached hydrogens (tertiary/aromatic N) is 3. The monoisotopic (exact) mass is 222 g/mol. The van der Waals surface area contributed by atoms with Gasteiger partial charge in [0, 0.05) is 11.8 Å². The van der Waals surface area contributed by atoms with Gasteiger partial charge in [-0.3, -0.25) is 0 Å². The molecule has 0 aliphatic heterocycles. The Morgan fingerprint density at radius 3 is 2.80 bits per heavy atom. The van der Waals surface area contributed by atoms with Crippen LogP contribution in [0.2, 0.25) is 0 Å². The molecule has 0 radical (unpaired) electrons. The molecule has 5 nitrogen and oxygen atoms in total. The second-order valence-corrected chi connectivity index (χ2v) is 4.01. The van der Waals surface area contributed by atoms with Crippen molar-refractivity contribution in [1.29, 1.82) is 0 Å². The van der Waals surface area contributed by atoms with Crippen LogP contribution in [0.15, 0.2) is 27.1 Å². The summed E-state index contributed by atoms with van der Waals surface area (Å²) in [6.07, 6.45) is 3.28. The molecule has 0 aromatic carbocycles. The maximum absolute atomic E-state index is 5.50. The fraction of sp³-hybridized carbons (Fsp3) is 0.222. The van der Waals surface area contributed by atoms with Crippen LogP contribution in [-0.4, -0.2) is 15.0 Å². The highest BCUT2D eigenvalue weighted by Crippen LogP contribution is 2.27. The van der Waals surface area contributed by atoms with Crippen LogP contribution in [0, 0.1) is 13.8 Å². The topological polar surface area (TPSA) is 77.8 Å². The maximum atomic E-state index is 5.50. The number of hydrogen-bond donors (Lipinski definition) is 1. The summed E-state index contributed by atoms with van der Waals surface area (Å²) >= 11 is 1.34. The summed E-state index contributed by atoms with van der Waals surface area (Å²) in [6, 6.07) is 0. The SMILES string of the molecule is Cc1coc(Sc2nc(N)ncc2C)n1. The zero-order valence-electron chi connectivity index (χ0n) is 8.39. The first-order chi connectivity index (χ1) is 7.15. The van der Waals surface area contributed by atoms with E-state index in [4.69, 9.17) is 10.2 Å². The molecule has 0 aliphatic carbocycles. The molecule has 0 fully saturated rings. The van der Waals surface area contributed by atoms with E-state index in [0.717, 1.165) is 16.3 Å². The Balaban J connectivity index is 2.27. The van der Waals surface area contributed by atoms with Crippen LogP contribution >= 0.6 is 11.8 Å². The first kappa shape index (κ1) is 9.97. The van der Waals surface area contributed by atoms with Gasteiger partial charge in [0.25, 0.3) is 5.22 Å². The Morgan fingerprint density at radius 2 is 2.13 bits per heavy atom. The third-order valence-electron chi connectivity index (χ3n) is 1.73. The second kappa shape index (κ2) is 3.90. The van der Waals surface area contributed by atoms with Crippen LogP contribution in [-0.2, 0) is 0 Å². The van der Waals surface area contributed by atoms with Crippen molar-refractivity contribution in [2.45, 2.75) is 24.1 Å². The zero-order chi connectivity index (χ0) is 10.8. The van der Waals surface area contributed by atoms with Crippen molar-refractivity contribution >= 4 is 17.7 Å². The third-order valence-corrected chi connectivity index (χ3v) is 2.69. The number of anilines is 1. The van der Waals surface area contributed by atoms with Crippen molar-refractivity contribution in [3.63, 3.8) is 0 Å². The average molecular weight is 222 g/mol. The van der Waals surface area contributed by atoms with E-state index in [1.165, 1.54) is 11.8 Å². The van der Waals surface area contributed by atoms with Crippen LogP contribution in [0.1, 0.15) is 11.3 Å². The first-order valence-corrected chi connectivity index (χ1v) is 5.16. The van der Waals surface area contributed by atoms with E-state index in [1.807, 2.05) is 13.8 Å². The zero-order valence-corrected chi connectivity index (χ0v) is 9.21. The number of aromatic nitrogens is 3. The summed E-state index contributed by atoms with van der Waals surface area (Å²) in [5, 5.41) is 1.33. The lowest BCUT2D eigenvalue weighted by Gasteiger charge is -2.00. The van der Waals surface area contributed by atoms with Crippen LogP contribution in [0.4, 0.5) is 5.95 Å². The quantitative estimate of drug-likeness (QED) is 0.781. The van der Waals surface area contributed by atoms with Gasteiger partial charge in [0.05, 0.1) is 5.69 Å². The average Bonchev–Trinajstić information content (AvgIpc) is 2.58. The molecule has 0 spiro atoms. The predicted molar refractivity (Wildman–Crippen MR) is 56.5 cm³/mol. The highest BCUT2D eigenvalue weighted by atomic mass is 32.2. The summed E-state index contributed by atoms with van der Waals surface area (Å²) in [5.74, 6) is 0.256. The molecule has 2 rings (SSSR count). The van der Waals surface area contributed by atoms with Crippen molar-refractivity contribution in [3.8, 4) is 0 Å². The van der Waals surface area contributed by atoms with Crippen LogP contribution in [0.25, 0.3) is 0 Å². The Hall–Kier alpha value is -1.56. The Morgan fingerprint density at radius 1 is 1.33 bits per heavy atom. The van der Waals surface area contributed by atoms with Crippen molar-refractivity contribution < 1.29 is 4.42 Å². The number of hydrogen-bond acceptors (Lipinski definition) is 6. The molecule has 6 heteroatoms. The van der Waals surface area contributed by atoms with Crippen LogP contribution < -0.4 is 5.73 Å². The number of oxazole rings is 1. The maximum Gasteiger partial charge on any atom is 0.262 e. The first-order valence-electron chi connectivity index (χ1n) is 4.34. The van der Waals surface area contributed by atoms with E-state index in [2.05, 4.69) is 15.0 Å². The fourth-order valence-corrected chi connectivity index (χ4v) is 1.81. The van der Waals surface area contributed by atoms with E-state index < -0.39 is 0 Å². The van der Waals surface area contributed by atoms with Crippen LogP contribution in [0.3, 0.4) is 0 Å². The molecule has 0 bridgehead atoms. The number of aryl methyl sites for hydroxylation is 2. The van der Waals surface area contributed by atoms with Crippen molar-refractivity contribution in [3.05, 3.63) is 23.7 Å². The second-order valence-electron chi connectivity index (χ2n) is 3.07. The van der Waals surface area contributed by atoms with Gasteiger partial charge in [0.15, 0.2) is 0 Å². The van der Waals surface area contributed by atoms with Crippen molar-refractivity contribution in [2.75, 3.05) is 5.73 Å². The molecule has 2 aromatic rings. The number of nitrogens with two attached hydrogens (primary N) is 1. The molecule has 2 heterocycles. The van der Waals surface area contributed by atoms with Crippen LogP contribution in [0.5, 0.6) is 0 Å². The summed E-state index contributed by atoms with van der Waals surface area (Å²) in [4.78, 5) is 12.2. The van der Waals surface area contributed by atoms with E-state index in [0.29, 0.717) is 5.22 Å². The Bertz CT molecular complexity index is 483. The standard InChI is InChI=1S/C9H10N4OS/c1-5-3-11-8(10)13-7(5)15-9-12-6(2)4-14-9/h3-4H,1-2H3,(H2,10,11,13). The van der Waals surface area contributed by atoms with E-state index in [9.17, 15) is 0 Å². The highest BCUT2D eigenvalue weighted by Gasteiger charge is 2.08. The van der Waals surface area contributed by atoms with Gasteiger partial charge in [-0.1, -0.05) is 0 Å². The molecule has 0 aliphatic rings. The third kappa shape index (κ3) is 2.27. The van der Waals surface area contributed by atoms with Crippen molar-refractivity contribution in [1.82, 2.24) is 15.0 Å². The van der Waals surface area contributed by atoms with Gasteiger partial charge >= 0.3 is 0 Å². The van der Waals surface area contributed by atoms with Gasteiger partial charge in [-0.25, -0.2) is 15.0 Å². The fourth-order valence-electron chi connectivity index (χ4n) is 1.00. The number of rotatable bonds is 2. The van der Waals surface area contributed by atoms with E-state index in [1.54, 1.807) is 12.5 Å². The molecular formula is C9H10N4OS. The highest BCUT2D eigenvalue weighted by molar-refractivity contribution is 7.99. The van der Waals surface area contributed by atoms with Crippen molar-refractivity contribution in [2.24, 2.45) is 0 Å². The smallest absolute Gasteiger partial charge is 0.262 e. The number of nitrogen functional groups attached to an aromatic ring is 1. The Labute approximate surface area is 91.1 Å². The molecule has 0 amide bonds. The minimum Gasteiger partial charge on any atom is -0.439 e. The van der Waals surface area contributed by atoms with Gasteiger partial charge in [0.2, 0.25) is 5.95 Å². The van der Waals surface area contributed by atoms with Gasteiger partial charge in [0.1, 0.15) is 11.3 Å². The minimum atomic E-state index is 0.256. The van der Waals surface area contributed by atoms with Gasteiger partial charge < -0.3 is 10.2 Å². The largest absolute Gasteiger partial charge is 0.439 e. The summed E-state index contributed by atoms with van der Waals surface area (Å²) in [7, 11) is 0. The molecule has 2 N–H and O–H groups in total. The summed E-state index contributed by atoms with van der Waals surface area (Å²) < 4.78 is 5.21. The molecule has 15 heavy (non-hydrogen) atoms. The lowest BCUT2D eigenvalue weighted by Crippen LogP contribution is -1.97. The Kier molecular flexibility index (Phi) is 2.59. The molecule has 0 atom stereocenters. The lowest BCUT2D eigenvalue weighted by atomic mass is 10.4. The predicted octanol–water partition coefficient (Wildman–Crippen LogP) is 1.81. The molecule has 78 valence electrons. The molecule has 0 unspecified atom stereocenters. The molecular weight excluding hydrogens is 212 g/mol. The minimum absolute atomic E-state index is 0.256. The normalized spacial score (nSPS) is 10.5. The molecule has 2 aromatic heterocycles. The van der Waals surface area contributed by atoms with E-state index in [-0.39, 0.29) is 5.95 Å². The van der Waals surface area contributed by atoms with Gasteiger partial charge in [-0.2, -0.15) is 0 Å². The lowest BCUT2D eigenvalue weighted by molar-refractivity contribution is 0.453. The van der Waals surface area contributed by atoms with Gasteiger partial charge in [-0.15, -0.1) is 0 Å². The summed E-state index contributed by atoms with van der Waals surface area (Å²) in [5.41, 5.74) is 7.29.